The number of aromatic nitrogens is 1. The first kappa shape index (κ1) is 14.8. The van der Waals surface area contributed by atoms with Crippen LogP contribution in [0.3, 0.4) is 0 Å². The Morgan fingerprint density at radius 3 is 2.74 bits per heavy atom. The van der Waals surface area contributed by atoms with E-state index in [-0.39, 0.29) is 11.1 Å². The normalized spacial score (nSPS) is 19.2. The topological polar surface area (TPSA) is 31.4 Å². The number of hydrogen-bond donors (Lipinski definition) is 0. The van der Waals surface area contributed by atoms with E-state index < -0.39 is 8.32 Å². The molecular weight excluding hydrogens is 278 g/mol. The fourth-order valence-electron chi connectivity index (χ4n) is 1.81. The molecule has 0 N–H and O–H groups in total. The van der Waals surface area contributed by atoms with Crippen LogP contribution >= 0.6 is 11.6 Å². The van der Waals surface area contributed by atoms with Gasteiger partial charge in [0.15, 0.2) is 19.2 Å². The molecule has 2 heterocycles. The minimum absolute atomic E-state index is 0.0609. The number of halogens is 1. The van der Waals surface area contributed by atoms with Gasteiger partial charge in [-0.25, -0.2) is 4.98 Å². The van der Waals surface area contributed by atoms with Crippen LogP contribution in [0, 0.1) is 0 Å². The van der Waals surface area contributed by atoms with Crippen molar-refractivity contribution in [1.29, 1.82) is 0 Å². The Balaban J connectivity index is 1.97. The lowest BCUT2D eigenvalue weighted by Crippen LogP contribution is -2.43. The minimum Gasteiger partial charge on any atom is -0.484 e. The van der Waals surface area contributed by atoms with Gasteiger partial charge in [-0.05, 0) is 24.2 Å². The number of pyridine rings is 1. The van der Waals surface area contributed by atoms with Gasteiger partial charge in [0.05, 0.1) is 6.61 Å². The van der Waals surface area contributed by atoms with E-state index in [0.29, 0.717) is 11.8 Å². The van der Waals surface area contributed by atoms with Gasteiger partial charge in [-0.1, -0.05) is 32.4 Å². The number of hydrogen-bond acceptors (Lipinski definition) is 3. The van der Waals surface area contributed by atoms with Crippen LogP contribution in [-0.2, 0) is 10.8 Å². The van der Waals surface area contributed by atoms with E-state index in [2.05, 4.69) is 38.8 Å². The van der Waals surface area contributed by atoms with Gasteiger partial charge in [0.2, 0.25) is 0 Å². The Morgan fingerprint density at radius 2 is 2.16 bits per heavy atom. The number of fused-ring (bicyclic) bond motifs is 1. The highest BCUT2D eigenvalue weighted by Crippen LogP contribution is 2.38. The fourth-order valence-corrected chi connectivity index (χ4v) is 3.07. The van der Waals surface area contributed by atoms with Crippen molar-refractivity contribution in [3.63, 3.8) is 0 Å². The van der Waals surface area contributed by atoms with Crippen LogP contribution in [0.1, 0.15) is 26.3 Å². The van der Waals surface area contributed by atoms with Crippen molar-refractivity contribution in [2.24, 2.45) is 0 Å². The molecule has 1 unspecified atom stereocenters. The molecule has 0 saturated carbocycles. The van der Waals surface area contributed by atoms with Crippen LogP contribution < -0.4 is 4.74 Å². The first-order valence-electron chi connectivity index (χ1n) is 6.65. The highest BCUT2D eigenvalue weighted by molar-refractivity contribution is 6.74. The third-order valence-electron chi connectivity index (χ3n) is 4.11. The van der Waals surface area contributed by atoms with Gasteiger partial charge in [0.25, 0.3) is 0 Å². The number of nitrogens with zero attached hydrogens (tertiary/aromatic N) is 1. The van der Waals surface area contributed by atoms with Crippen molar-refractivity contribution < 1.29 is 9.16 Å². The summed E-state index contributed by atoms with van der Waals surface area (Å²) in [5.74, 6) is 0.730. The van der Waals surface area contributed by atoms with Crippen molar-refractivity contribution >= 4 is 19.9 Å². The van der Waals surface area contributed by atoms with E-state index in [1.807, 2.05) is 6.07 Å². The van der Waals surface area contributed by atoms with Gasteiger partial charge in [-0.2, -0.15) is 0 Å². The summed E-state index contributed by atoms with van der Waals surface area (Å²) in [7, 11) is -1.72. The standard InChI is InChI=1S/C14H22ClNO2Si/c1-14(2,3)19(4,5)17-9-11-8-10-6-7-16-13(15)12(10)18-11/h6-7,11H,8-9H2,1-5H3. The summed E-state index contributed by atoms with van der Waals surface area (Å²) >= 11 is 6.03. The Labute approximate surface area is 121 Å². The maximum atomic E-state index is 6.20. The predicted octanol–water partition coefficient (Wildman–Crippen LogP) is 4.06. The lowest BCUT2D eigenvalue weighted by atomic mass is 10.1. The molecule has 0 aliphatic carbocycles. The van der Waals surface area contributed by atoms with Crippen LogP contribution in [0.4, 0.5) is 0 Å². The van der Waals surface area contributed by atoms with E-state index in [1.54, 1.807) is 6.20 Å². The van der Waals surface area contributed by atoms with E-state index in [4.69, 9.17) is 20.8 Å². The van der Waals surface area contributed by atoms with Crippen molar-refractivity contribution in [2.75, 3.05) is 6.61 Å². The highest BCUT2D eigenvalue weighted by atomic mass is 35.5. The molecule has 1 aromatic rings. The van der Waals surface area contributed by atoms with Crippen LogP contribution in [-0.4, -0.2) is 26.0 Å². The van der Waals surface area contributed by atoms with Gasteiger partial charge in [0, 0.05) is 18.2 Å². The first-order valence-corrected chi connectivity index (χ1v) is 9.93. The molecule has 1 aliphatic rings. The Morgan fingerprint density at radius 1 is 1.47 bits per heavy atom. The molecule has 0 spiro atoms. The molecule has 106 valence electrons. The van der Waals surface area contributed by atoms with E-state index in [9.17, 15) is 0 Å². The zero-order chi connectivity index (χ0) is 14.3. The Kier molecular flexibility index (Phi) is 3.96. The molecule has 0 bridgehead atoms. The SMILES string of the molecule is CC(C)(C)[Si](C)(C)OCC1Cc2ccnc(Cl)c2O1. The molecule has 0 fully saturated rings. The van der Waals surface area contributed by atoms with Gasteiger partial charge < -0.3 is 9.16 Å². The average Bonchev–Trinajstić information content (AvgIpc) is 2.69. The molecule has 1 atom stereocenters. The quantitative estimate of drug-likeness (QED) is 0.623. The maximum absolute atomic E-state index is 6.20. The first-order chi connectivity index (χ1) is 8.71. The molecule has 2 rings (SSSR count). The largest absolute Gasteiger partial charge is 0.484 e. The highest BCUT2D eigenvalue weighted by Gasteiger charge is 2.38. The van der Waals surface area contributed by atoms with Gasteiger partial charge in [-0.3, -0.25) is 0 Å². The molecule has 0 aromatic carbocycles. The zero-order valence-electron chi connectivity index (χ0n) is 12.3. The minimum atomic E-state index is -1.72. The Hall–Kier alpha value is -0.583. The van der Waals surface area contributed by atoms with Crippen molar-refractivity contribution in [2.45, 2.75) is 51.4 Å². The summed E-state index contributed by atoms with van der Waals surface area (Å²) in [5, 5.41) is 0.671. The molecule has 0 amide bonds. The summed E-state index contributed by atoms with van der Waals surface area (Å²) in [6.45, 7) is 11.9. The second-order valence-corrected chi connectivity index (χ2v) is 11.8. The van der Waals surface area contributed by atoms with Gasteiger partial charge >= 0.3 is 0 Å². The summed E-state index contributed by atoms with van der Waals surface area (Å²) in [6.07, 6.45) is 2.64. The zero-order valence-corrected chi connectivity index (χ0v) is 14.0. The lowest BCUT2D eigenvalue weighted by molar-refractivity contribution is 0.139. The molecule has 1 aliphatic heterocycles. The fraction of sp³-hybridized carbons (Fsp3) is 0.643. The molecule has 0 saturated heterocycles. The van der Waals surface area contributed by atoms with Crippen LogP contribution in [0.15, 0.2) is 12.3 Å². The summed E-state index contributed by atoms with van der Waals surface area (Å²) < 4.78 is 12.0. The van der Waals surface area contributed by atoms with E-state index >= 15 is 0 Å². The summed E-state index contributed by atoms with van der Waals surface area (Å²) in [4.78, 5) is 4.04. The monoisotopic (exact) mass is 299 g/mol. The molecule has 3 nitrogen and oxygen atoms in total. The summed E-state index contributed by atoms with van der Waals surface area (Å²) in [6, 6.07) is 1.97. The average molecular weight is 300 g/mol. The van der Waals surface area contributed by atoms with Crippen LogP contribution in [0.2, 0.25) is 23.3 Å². The van der Waals surface area contributed by atoms with Crippen LogP contribution in [0.5, 0.6) is 5.75 Å². The lowest BCUT2D eigenvalue weighted by Gasteiger charge is -2.36. The molecular formula is C14H22ClNO2Si. The molecule has 19 heavy (non-hydrogen) atoms. The van der Waals surface area contributed by atoms with Crippen LogP contribution in [0.25, 0.3) is 0 Å². The molecule has 1 aromatic heterocycles. The van der Waals surface area contributed by atoms with Crippen molar-refractivity contribution in [3.8, 4) is 5.75 Å². The summed E-state index contributed by atoms with van der Waals surface area (Å²) in [5.41, 5.74) is 1.13. The second kappa shape index (κ2) is 5.07. The molecule has 0 radical (unpaired) electrons. The molecule has 5 heteroatoms. The van der Waals surface area contributed by atoms with E-state index in [1.165, 1.54) is 0 Å². The maximum Gasteiger partial charge on any atom is 0.192 e. The van der Waals surface area contributed by atoms with Gasteiger partial charge in [-0.15, -0.1) is 0 Å². The third kappa shape index (κ3) is 3.12. The van der Waals surface area contributed by atoms with Crippen molar-refractivity contribution in [1.82, 2.24) is 4.98 Å². The van der Waals surface area contributed by atoms with Gasteiger partial charge in [0.1, 0.15) is 6.10 Å². The predicted molar refractivity (Wildman–Crippen MR) is 80.5 cm³/mol. The van der Waals surface area contributed by atoms with Crippen molar-refractivity contribution in [3.05, 3.63) is 23.0 Å². The Bertz CT molecular complexity index is 471. The third-order valence-corrected chi connectivity index (χ3v) is 8.88. The second-order valence-electron chi connectivity index (χ2n) is 6.61. The smallest absolute Gasteiger partial charge is 0.192 e. The number of rotatable bonds is 3. The number of ether oxygens (including phenoxy) is 1. The van der Waals surface area contributed by atoms with E-state index in [0.717, 1.165) is 17.7 Å².